The van der Waals surface area contributed by atoms with Crippen LogP contribution in [0.5, 0.6) is 0 Å². The normalized spacial score (nSPS) is 31.9. The first kappa shape index (κ1) is 25.6. The molecule has 2 spiro atoms. The van der Waals surface area contributed by atoms with Gasteiger partial charge in [0.15, 0.2) is 0 Å². The fraction of sp³-hybridized carbons (Fsp3) is 0.485. The highest BCUT2D eigenvalue weighted by Gasteiger charge is 2.75. The first-order chi connectivity index (χ1) is 19.5. The van der Waals surface area contributed by atoms with Gasteiger partial charge >= 0.3 is 0 Å². The van der Waals surface area contributed by atoms with E-state index >= 15 is 0 Å². The van der Waals surface area contributed by atoms with E-state index in [0.717, 1.165) is 19.4 Å². The molecule has 7 heteroatoms. The van der Waals surface area contributed by atoms with Gasteiger partial charge in [-0.25, -0.2) is 0 Å². The molecular formula is C33H38N4O3. The van der Waals surface area contributed by atoms with Gasteiger partial charge in [-0.1, -0.05) is 47.9 Å². The SMILES string of the molecule is C#CCOCCOCC(=O)N1CC[C@@]23c4ccccc4N[C@@H]4N(C)c5cccc6c5[C@@]42CCN([C@@H]6C=C(C)C)[C@@H]13. The molecule has 6 heterocycles. The highest BCUT2D eigenvalue weighted by Crippen LogP contribution is 2.71. The largest absolute Gasteiger partial charge is 0.369 e. The number of para-hydroxylation sites is 1. The van der Waals surface area contributed by atoms with Crippen molar-refractivity contribution in [1.82, 2.24) is 9.80 Å². The molecule has 8 rings (SSSR count). The monoisotopic (exact) mass is 538 g/mol. The number of allylic oxidation sites excluding steroid dienone is 1. The summed E-state index contributed by atoms with van der Waals surface area (Å²) in [7, 11) is 2.24. The maximum absolute atomic E-state index is 14.0. The van der Waals surface area contributed by atoms with Gasteiger partial charge in [0.05, 0.1) is 30.8 Å². The van der Waals surface area contributed by atoms with E-state index in [4.69, 9.17) is 15.9 Å². The van der Waals surface area contributed by atoms with Crippen molar-refractivity contribution in [2.75, 3.05) is 56.8 Å². The minimum absolute atomic E-state index is 0.0432. The predicted octanol–water partition coefficient (Wildman–Crippen LogP) is 4.02. The van der Waals surface area contributed by atoms with Crippen LogP contribution in [0.25, 0.3) is 0 Å². The molecule has 0 radical (unpaired) electrons. The smallest absolute Gasteiger partial charge is 0.249 e. The van der Waals surface area contributed by atoms with Gasteiger partial charge in [-0.05, 0) is 55.5 Å². The number of likely N-dealkylation sites (N-methyl/N-ethyl adjacent to an activating group) is 1. The van der Waals surface area contributed by atoms with Crippen molar-refractivity contribution >= 4 is 17.3 Å². The molecule has 208 valence electrons. The van der Waals surface area contributed by atoms with E-state index in [9.17, 15) is 4.79 Å². The van der Waals surface area contributed by atoms with Crippen LogP contribution in [-0.4, -0.2) is 74.6 Å². The minimum atomic E-state index is -0.247. The number of likely N-dealkylation sites (tertiary alicyclic amines) is 1. The molecule has 1 N–H and O–H groups in total. The van der Waals surface area contributed by atoms with E-state index in [1.54, 1.807) is 0 Å². The van der Waals surface area contributed by atoms with Gasteiger partial charge in [0.2, 0.25) is 5.91 Å². The third kappa shape index (κ3) is 3.21. The highest BCUT2D eigenvalue weighted by molar-refractivity contribution is 5.82. The van der Waals surface area contributed by atoms with Gasteiger partial charge in [0, 0.05) is 36.9 Å². The summed E-state index contributed by atoms with van der Waals surface area (Å²) in [6, 6.07) is 15.8. The number of carbonyl (C=O) groups excluding carboxylic acids is 1. The molecule has 40 heavy (non-hydrogen) atoms. The second kappa shape index (κ2) is 9.37. The van der Waals surface area contributed by atoms with E-state index in [-0.39, 0.29) is 48.3 Å². The zero-order valence-electron chi connectivity index (χ0n) is 23.7. The Morgan fingerprint density at radius 3 is 2.73 bits per heavy atom. The quantitative estimate of drug-likeness (QED) is 0.327. The molecule has 2 bridgehead atoms. The number of carbonyl (C=O) groups is 1. The van der Waals surface area contributed by atoms with E-state index < -0.39 is 0 Å². The zero-order chi connectivity index (χ0) is 27.6. The lowest BCUT2D eigenvalue weighted by atomic mass is 9.50. The van der Waals surface area contributed by atoms with E-state index in [0.29, 0.717) is 19.8 Å². The Labute approximate surface area is 237 Å². The molecule has 6 aliphatic heterocycles. The Hall–Kier alpha value is -3.31. The number of anilines is 2. The zero-order valence-corrected chi connectivity index (χ0v) is 23.7. The van der Waals surface area contributed by atoms with Crippen LogP contribution in [0.2, 0.25) is 0 Å². The number of ether oxygens (including phenoxy) is 2. The molecule has 2 aromatic rings. The predicted molar refractivity (Wildman–Crippen MR) is 156 cm³/mol. The Kier molecular flexibility index (Phi) is 6.01. The third-order valence-electron chi connectivity index (χ3n) is 10.1. The van der Waals surface area contributed by atoms with Gasteiger partial charge < -0.3 is 24.6 Å². The van der Waals surface area contributed by atoms with Gasteiger partial charge in [-0.3, -0.25) is 9.69 Å². The summed E-state index contributed by atoms with van der Waals surface area (Å²) in [4.78, 5) is 21.2. The summed E-state index contributed by atoms with van der Waals surface area (Å²) < 4.78 is 11.2. The third-order valence-corrected chi connectivity index (χ3v) is 10.1. The Bertz CT molecular complexity index is 1430. The first-order valence-corrected chi connectivity index (χ1v) is 14.5. The van der Waals surface area contributed by atoms with Gasteiger partial charge in [-0.2, -0.15) is 0 Å². The summed E-state index contributed by atoms with van der Waals surface area (Å²) in [5, 5.41) is 3.99. The summed E-state index contributed by atoms with van der Waals surface area (Å²) >= 11 is 0. The average Bonchev–Trinajstić information content (AvgIpc) is 3.40. The lowest BCUT2D eigenvalue weighted by Gasteiger charge is -2.62. The Balaban J connectivity index is 1.39. The van der Waals surface area contributed by atoms with Crippen LogP contribution >= 0.6 is 0 Å². The summed E-state index contributed by atoms with van der Waals surface area (Å²) in [5.41, 5.74) is 7.59. The van der Waals surface area contributed by atoms with Crippen LogP contribution in [0.15, 0.2) is 54.1 Å². The standard InChI is InChI=1S/C33H38N4O3/c1-5-17-39-18-19-40-21-28(38)37-16-13-32-24-10-6-7-11-25(24)34-30-33(32)14-15-36(31(32)37)27(20-22(2)3)23-9-8-12-26(29(23)33)35(30)4/h1,6-12,20,27,30-31,34H,13-19,21H2,2-4H3/t27-,30-,31+,32+,33+/m1/s1. The minimum Gasteiger partial charge on any atom is -0.369 e. The fourth-order valence-electron chi connectivity index (χ4n) is 8.90. The number of rotatable bonds is 7. The molecule has 2 saturated heterocycles. The van der Waals surface area contributed by atoms with Crippen LogP contribution in [0.4, 0.5) is 11.4 Å². The molecule has 0 saturated carbocycles. The van der Waals surface area contributed by atoms with E-state index in [1.165, 1.54) is 33.6 Å². The van der Waals surface area contributed by atoms with Crippen LogP contribution in [0, 0.1) is 12.3 Å². The summed E-state index contributed by atoms with van der Waals surface area (Å²) in [6.07, 6.45) is 9.68. The maximum atomic E-state index is 14.0. The molecule has 2 fully saturated rings. The lowest BCUT2D eigenvalue weighted by Crippen LogP contribution is -2.72. The summed E-state index contributed by atoms with van der Waals surface area (Å²) in [6.45, 7) is 7.03. The van der Waals surface area contributed by atoms with Crippen molar-refractivity contribution < 1.29 is 14.3 Å². The number of hydrogen-bond donors (Lipinski definition) is 1. The molecular weight excluding hydrogens is 500 g/mol. The molecule has 0 aromatic heterocycles. The van der Waals surface area contributed by atoms with E-state index in [2.05, 4.69) is 95.4 Å². The highest BCUT2D eigenvalue weighted by atomic mass is 16.5. The van der Waals surface area contributed by atoms with Gasteiger partial charge in [0.1, 0.15) is 19.4 Å². The van der Waals surface area contributed by atoms with Crippen molar-refractivity contribution in [3.63, 3.8) is 0 Å². The van der Waals surface area contributed by atoms with Crippen LogP contribution < -0.4 is 10.2 Å². The van der Waals surface area contributed by atoms with Crippen LogP contribution in [0.3, 0.4) is 0 Å². The van der Waals surface area contributed by atoms with Crippen molar-refractivity contribution in [2.45, 2.75) is 55.9 Å². The second-order valence-electron chi connectivity index (χ2n) is 12.1. The van der Waals surface area contributed by atoms with E-state index in [1.807, 2.05) is 0 Å². The average molecular weight is 539 g/mol. The number of amides is 1. The number of hydrogen-bond acceptors (Lipinski definition) is 6. The summed E-state index contributed by atoms with van der Waals surface area (Å²) in [5.74, 6) is 2.51. The van der Waals surface area contributed by atoms with Crippen molar-refractivity contribution in [2.24, 2.45) is 0 Å². The maximum Gasteiger partial charge on any atom is 0.249 e. The number of benzene rings is 2. The molecule has 6 aliphatic rings. The molecule has 6 atom stereocenters. The molecule has 1 amide bonds. The van der Waals surface area contributed by atoms with Crippen molar-refractivity contribution in [1.29, 1.82) is 0 Å². The Morgan fingerprint density at radius 1 is 1.10 bits per heavy atom. The first-order valence-electron chi connectivity index (χ1n) is 14.5. The number of terminal acetylenes is 1. The van der Waals surface area contributed by atoms with Crippen molar-refractivity contribution in [3.05, 3.63) is 70.8 Å². The number of nitrogens with one attached hydrogen (secondary N) is 1. The fourth-order valence-corrected chi connectivity index (χ4v) is 8.90. The topological polar surface area (TPSA) is 57.3 Å². The van der Waals surface area contributed by atoms with Gasteiger partial charge in [0.25, 0.3) is 0 Å². The lowest BCUT2D eigenvalue weighted by molar-refractivity contribution is -0.146. The molecule has 0 aliphatic carbocycles. The van der Waals surface area contributed by atoms with Crippen molar-refractivity contribution in [3.8, 4) is 12.3 Å². The number of piperidine rings is 1. The van der Waals surface area contributed by atoms with Crippen LogP contribution in [-0.2, 0) is 25.1 Å². The Morgan fingerprint density at radius 2 is 1.90 bits per heavy atom. The molecule has 1 unspecified atom stereocenters. The molecule has 7 nitrogen and oxygen atoms in total. The number of nitrogens with zero attached hydrogens (tertiary/aromatic N) is 3. The number of fused-ring (bicyclic) bond motifs is 2. The van der Waals surface area contributed by atoms with Crippen LogP contribution in [0.1, 0.15) is 49.4 Å². The molecule has 2 aromatic carbocycles. The second-order valence-corrected chi connectivity index (χ2v) is 12.1. The van der Waals surface area contributed by atoms with Gasteiger partial charge in [-0.15, -0.1) is 6.42 Å².